The number of benzene rings is 1. The van der Waals surface area contributed by atoms with Crippen molar-refractivity contribution in [1.82, 2.24) is 24.6 Å². The maximum Gasteiger partial charge on any atom is 0.306 e. The van der Waals surface area contributed by atoms with Gasteiger partial charge >= 0.3 is 5.92 Å². The third kappa shape index (κ3) is 2.44. The first-order chi connectivity index (χ1) is 12.5. The first-order valence-electron chi connectivity index (χ1n) is 7.53. The highest BCUT2D eigenvalue weighted by molar-refractivity contribution is 5.72. The number of nitrogens with zero attached hydrogens (tertiary/aromatic N) is 5. The summed E-state index contributed by atoms with van der Waals surface area (Å²) in [5.41, 5.74) is 5.23. The SMILES string of the molecule is Nc1nc(-c2ncn3ncccc23)ncc1C(F)(F)c1ccccc1F. The molecule has 9 heteroatoms. The molecule has 4 rings (SSSR count). The Balaban J connectivity index is 1.81. The van der Waals surface area contributed by atoms with Gasteiger partial charge in [0.25, 0.3) is 0 Å². The minimum absolute atomic E-state index is 0.0751. The molecule has 0 saturated carbocycles. The van der Waals surface area contributed by atoms with E-state index in [1.165, 1.54) is 23.0 Å². The number of imidazole rings is 1. The molecule has 0 atom stereocenters. The molecule has 0 bridgehead atoms. The van der Waals surface area contributed by atoms with E-state index >= 15 is 0 Å². The lowest BCUT2D eigenvalue weighted by Gasteiger charge is -2.18. The van der Waals surface area contributed by atoms with E-state index in [2.05, 4.69) is 20.1 Å². The van der Waals surface area contributed by atoms with Crippen molar-refractivity contribution >= 4 is 11.3 Å². The number of nitrogens with two attached hydrogens (primary N) is 1. The number of rotatable bonds is 3. The van der Waals surface area contributed by atoms with Crippen LogP contribution in [0, 0.1) is 5.82 Å². The maximum absolute atomic E-state index is 14.7. The standard InChI is InChI=1S/C17H11F3N6/c18-12-5-2-1-4-10(12)17(19,20)11-8-22-16(25-15(11)21)14-13-6-3-7-24-26(13)9-23-14/h1-9H,(H2,21,22,25). The van der Waals surface area contributed by atoms with E-state index in [-0.39, 0.29) is 5.82 Å². The molecule has 0 unspecified atom stereocenters. The molecule has 0 aliphatic heterocycles. The van der Waals surface area contributed by atoms with Gasteiger partial charge in [0.2, 0.25) is 0 Å². The molecule has 6 nitrogen and oxygen atoms in total. The van der Waals surface area contributed by atoms with Gasteiger partial charge in [-0.25, -0.2) is 23.9 Å². The maximum atomic E-state index is 14.7. The number of anilines is 1. The van der Waals surface area contributed by atoms with Crippen molar-refractivity contribution in [2.45, 2.75) is 5.92 Å². The van der Waals surface area contributed by atoms with Gasteiger partial charge in [0.1, 0.15) is 23.7 Å². The highest BCUT2D eigenvalue weighted by Gasteiger charge is 2.39. The number of nitrogen functional groups attached to an aromatic ring is 1. The van der Waals surface area contributed by atoms with Crippen LogP contribution in [-0.2, 0) is 5.92 Å². The normalized spacial score (nSPS) is 11.8. The Labute approximate surface area is 145 Å². The molecular formula is C17H11F3N6. The van der Waals surface area contributed by atoms with Crippen LogP contribution in [0.4, 0.5) is 19.0 Å². The van der Waals surface area contributed by atoms with E-state index in [4.69, 9.17) is 5.73 Å². The number of hydrogen-bond acceptors (Lipinski definition) is 5. The molecule has 0 aliphatic rings. The van der Waals surface area contributed by atoms with Gasteiger partial charge < -0.3 is 5.73 Å². The molecule has 4 aromatic rings. The molecule has 3 aromatic heterocycles. The highest BCUT2D eigenvalue weighted by Crippen LogP contribution is 2.39. The molecule has 130 valence electrons. The van der Waals surface area contributed by atoms with E-state index in [1.54, 1.807) is 18.3 Å². The van der Waals surface area contributed by atoms with Crippen LogP contribution in [0.2, 0.25) is 0 Å². The van der Waals surface area contributed by atoms with Crippen molar-refractivity contribution in [2.75, 3.05) is 5.73 Å². The third-order valence-corrected chi connectivity index (χ3v) is 3.90. The summed E-state index contributed by atoms with van der Waals surface area (Å²) in [4.78, 5) is 12.0. The quantitative estimate of drug-likeness (QED) is 0.610. The summed E-state index contributed by atoms with van der Waals surface area (Å²) in [7, 11) is 0. The highest BCUT2D eigenvalue weighted by atomic mass is 19.3. The molecule has 0 spiro atoms. The lowest BCUT2D eigenvalue weighted by molar-refractivity contribution is 0.0391. The van der Waals surface area contributed by atoms with Crippen LogP contribution in [0.5, 0.6) is 0 Å². The van der Waals surface area contributed by atoms with Gasteiger partial charge in [0, 0.05) is 12.4 Å². The minimum Gasteiger partial charge on any atom is -0.383 e. The van der Waals surface area contributed by atoms with Gasteiger partial charge in [-0.05, 0) is 24.3 Å². The summed E-state index contributed by atoms with van der Waals surface area (Å²) in [5, 5.41) is 4.06. The van der Waals surface area contributed by atoms with Crippen LogP contribution in [0.3, 0.4) is 0 Å². The summed E-state index contributed by atoms with van der Waals surface area (Å²) >= 11 is 0. The lowest BCUT2D eigenvalue weighted by Crippen LogP contribution is -2.20. The van der Waals surface area contributed by atoms with Crippen molar-refractivity contribution in [1.29, 1.82) is 0 Å². The van der Waals surface area contributed by atoms with Crippen LogP contribution in [0.25, 0.3) is 17.0 Å². The molecule has 0 fully saturated rings. The number of fused-ring (bicyclic) bond motifs is 1. The molecule has 1 aromatic carbocycles. The molecular weight excluding hydrogens is 345 g/mol. The molecule has 2 N–H and O–H groups in total. The van der Waals surface area contributed by atoms with Gasteiger partial charge in [-0.3, -0.25) is 0 Å². The summed E-state index contributed by atoms with van der Waals surface area (Å²) < 4.78 is 44.7. The Morgan fingerprint density at radius 1 is 1.00 bits per heavy atom. The zero-order valence-corrected chi connectivity index (χ0v) is 13.1. The van der Waals surface area contributed by atoms with E-state index in [9.17, 15) is 13.2 Å². The largest absolute Gasteiger partial charge is 0.383 e. The molecule has 0 amide bonds. The molecule has 26 heavy (non-hydrogen) atoms. The zero-order valence-electron chi connectivity index (χ0n) is 13.1. The van der Waals surface area contributed by atoms with Crippen LogP contribution in [-0.4, -0.2) is 24.6 Å². The molecule has 0 saturated heterocycles. The van der Waals surface area contributed by atoms with Gasteiger partial charge in [-0.1, -0.05) is 12.1 Å². The Bertz CT molecular complexity index is 1110. The fourth-order valence-corrected chi connectivity index (χ4v) is 2.63. The second kappa shape index (κ2) is 5.80. The molecule has 0 radical (unpaired) electrons. The smallest absolute Gasteiger partial charge is 0.306 e. The third-order valence-electron chi connectivity index (χ3n) is 3.90. The second-order valence-corrected chi connectivity index (χ2v) is 5.49. The van der Waals surface area contributed by atoms with Gasteiger partial charge in [0.15, 0.2) is 5.82 Å². The monoisotopic (exact) mass is 356 g/mol. The second-order valence-electron chi connectivity index (χ2n) is 5.49. The predicted molar refractivity (Wildman–Crippen MR) is 87.8 cm³/mol. The van der Waals surface area contributed by atoms with Crippen molar-refractivity contribution in [3.8, 4) is 11.5 Å². The van der Waals surface area contributed by atoms with Crippen LogP contribution < -0.4 is 5.73 Å². The summed E-state index contributed by atoms with van der Waals surface area (Å²) in [6, 6.07) is 8.04. The van der Waals surface area contributed by atoms with Crippen molar-refractivity contribution in [2.24, 2.45) is 0 Å². The first-order valence-corrected chi connectivity index (χ1v) is 7.53. The van der Waals surface area contributed by atoms with E-state index in [0.29, 0.717) is 11.2 Å². The van der Waals surface area contributed by atoms with Crippen LogP contribution in [0.15, 0.2) is 55.1 Å². The van der Waals surface area contributed by atoms with Gasteiger partial charge in [0.05, 0.1) is 16.6 Å². The summed E-state index contributed by atoms with van der Waals surface area (Å²) in [6.45, 7) is 0. The number of alkyl halides is 2. The van der Waals surface area contributed by atoms with E-state index in [1.807, 2.05) is 0 Å². The number of aromatic nitrogens is 5. The van der Waals surface area contributed by atoms with Crippen LogP contribution in [0.1, 0.15) is 11.1 Å². The number of hydrogen-bond donors (Lipinski definition) is 1. The van der Waals surface area contributed by atoms with Gasteiger partial charge in [-0.2, -0.15) is 13.9 Å². The van der Waals surface area contributed by atoms with Crippen molar-refractivity contribution in [3.63, 3.8) is 0 Å². The average Bonchev–Trinajstić information content (AvgIpc) is 3.05. The van der Waals surface area contributed by atoms with Crippen molar-refractivity contribution < 1.29 is 13.2 Å². The summed E-state index contributed by atoms with van der Waals surface area (Å²) in [6.07, 6.45) is 3.92. The molecule has 3 heterocycles. The van der Waals surface area contributed by atoms with Crippen LogP contribution >= 0.6 is 0 Å². The Kier molecular flexibility index (Phi) is 3.57. The topological polar surface area (TPSA) is 82.0 Å². The molecule has 0 aliphatic carbocycles. The minimum atomic E-state index is -3.67. The fourth-order valence-electron chi connectivity index (χ4n) is 2.63. The fraction of sp³-hybridized carbons (Fsp3) is 0.0588. The zero-order chi connectivity index (χ0) is 18.3. The Hall–Kier alpha value is -3.49. The van der Waals surface area contributed by atoms with Gasteiger partial charge in [-0.15, -0.1) is 0 Å². The Morgan fingerprint density at radius 3 is 2.58 bits per heavy atom. The number of halogens is 3. The van der Waals surface area contributed by atoms with E-state index in [0.717, 1.165) is 18.3 Å². The first kappa shape index (κ1) is 16.0. The average molecular weight is 356 g/mol. The lowest BCUT2D eigenvalue weighted by atomic mass is 10.0. The van der Waals surface area contributed by atoms with Crippen molar-refractivity contribution in [3.05, 3.63) is 72.1 Å². The summed E-state index contributed by atoms with van der Waals surface area (Å²) in [5.74, 6) is -5.09. The Morgan fingerprint density at radius 2 is 1.81 bits per heavy atom. The predicted octanol–water partition coefficient (Wildman–Crippen LogP) is 3.05. The van der Waals surface area contributed by atoms with E-state index < -0.39 is 28.7 Å².